The highest BCUT2D eigenvalue weighted by atomic mass is 16.2. The fourth-order valence-electron chi connectivity index (χ4n) is 6.88. The van der Waals surface area contributed by atoms with E-state index in [1.54, 1.807) is 11.9 Å². The van der Waals surface area contributed by atoms with Crippen LogP contribution in [0.5, 0.6) is 0 Å². The Bertz CT molecular complexity index is 1110. The molecule has 4 fully saturated rings. The lowest BCUT2D eigenvalue weighted by molar-refractivity contribution is -0.141. The molecule has 3 aliphatic heterocycles. The van der Waals surface area contributed by atoms with Gasteiger partial charge < -0.3 is 20.9 Å². The summed E-state index contributed by atoms with van der Waals surface area (Å²) in [5.41, 5.74) is 9.25. The number of fused-ring (bicyclic) bond motifs is 4. The molecule has 5 aliphatic rings. The first-order chi connectivity index (χ1) is 16.4. The third-order valence-electron chi connectivity index (χ3n) is 8.58. The highest BCUT2D eigenvalue weighted by molar-refractivity contribution is 5.94. The molecule has 1 aromatic rings. The Kier molecular flexibility index (Phi) is 4.94. The monoisotopic (exact) mass is 462 g/mol. The van der Waals surface area contributed by atoms with E-state index in [2.05, 4.69) is 16.3 Å². The van der Waals surface area contributed by atoms with Gasteiger partial charge in [0, 0.05) is 37.8 Å². The number of nitrogens with zero attached hydrogens (tertiary/aromatic N) is 4. The summed E-state index contributed by atoms with van der Waals surface area (Å²) >= 11 is 0. The smallest absolute Gasteiger partial charge is 0.251 e. The third-order valence-corrected chi connectivity index (χ3v) is 8.58. The largest absolute Gasteiger partial charge is 0.355 e. The van der Waals surface area contributed by atoms with Crippen LogP contribution in [0.1, 0.15) is 53.2 Å². The Balaban J connectivity index is 1.12. The van der Waals surface area contributed by atoms with Crippen LogP contribution < -0.4 is 11.1 Å². The second kappa shape index (κ2) is 7.79. The predicted molar refractivity (Wildman–Crippen MR) is 122 cm³/mol. The van der Waals surface area contributed by atoms with Crippen LogP contribution in [0, 0.1) is 17.2 Å². The standard InChI is InChI=1S/C25H30N6O3/c1-28-23(32)14-2-4-18-13(6-14)3-5-20(18)31-17-9-22(25(31)34)29(11-17)12-19(27)24(33)30-16(10-26)7-15-8-21(15)30/h2,4,6,15-17,19-22H,3,5,7-9,11-12,27H2,1H3,(H,28,32)/t15-,16+,17?,19+,20-,21+,22-/m1/s1. The van der Waals surface area contributed by atoms with Crippen molar-refractivity contribution in [3.05, 3.63) is 34.9 Å². The van der Waals surface area contributed by atoms with Crippen LogP contribution in [0.2, 0.25) is 0 Å². The number of nitrogens with two attached hydrogens (primary N) is 1. The maximum Gasteiger partial charge on any atom is 0.251 e. The van der Waals surface area contributed by atoms with Gasteiger partial charge in [-0.05, 0) is 61.3 Å². The Morgan fingerprint density at radius 2 is 2.09 bits per heavy atom. The van der Waals surface area contributed by atoms with Gasteiger partial charge in [-0.1, -0.05) is 6.07 Å². The van der Waals surface area contributed by atoms with Crippen LogP contribution in [0.4, 0.5) is 0 Å². The van der Waals surface area contributed by atoms with Gasteiger partial charge >= 0.3 is 0 Å². The van der Waals surface area contributed by atoms with Gasteiger partial charge in [0.25, 0.3) is 5.91 Å². The lowest BCUT2D eigenvalue weighted by atomic mass is 10.0. The topological polar surface area (TPSA) is 123 Å². The van der Waals surface area contributed by atoms with Gasteiger partial charge in [0.2, 0.25) is 11.8 Å². The van der Waals surface area contributed by atoms with Crippen molar-refractivity contribution in [2.75, 3.05) is 20.1 Å². The number of nitriles is 1. The van der Waals surface area contributed by atoms with Gasteiger partial charge in [-0.15, -0.1) is 0 Å². The van der Waals surface area contributed by atoms with Gasteiger partial charge in [0.05, 0.1) is 24.2 Å². The summed E-state index contributed by atoms with van der Waals surface area (Å²) in [6.45, 7) is 1.07. The van der Waals surface area contributed by atoms with Crippen LogP contribution in [0.15, 0.2) is 18.2 Å². The number of aryl methyl sites for hydroxylation is 1. The minimum absolute atomic E-state index is 0.0430. The summed E-state index contributed by atoms with van der Waals surface area (Å²) in [5, 5.41) is 12.1. The lowest BCUT2D eigenvalue weighted by Crippen LogP contribution is -2.57. The van der Waals surface area contributed by atoms with Gasteiger partial charge in [0.15, 0.2) is 0 Å². The molecule has 9 nitrogen and oxygen atoms in total. The van der Waals surface area contributed by atoms with Crippen LogP contribution in [-0.2, 0) is 16.0 Å². The van der Waals surface area contributed by atoms with E-state index < -0.39 is 6.04 Å². The number of piperazine rings is 1. The number of rotatable bonds is 5. The fraction of sp³-hybridized carbons (Fsp3) is 0.600. The second-order valence-corrected chi connectivity index (χ2v) is 10.4. The van der Waals surface area contributed by atoms with E-state index in [0.29, 0.717) is 24.6 Å². The average molecular weight is 463 g/mol. The van der Waals surface area contributed by atoms with Crippen LogP contribution in [-0.4, -0.2) is 82.8 Å². The molecule has 1 unspecified atom stereocenters. The van der Waals surface area contributed by atoms with Crippen LogP contribution in [0.25, 0.3) is 0 Å². The van der Waals surface area contributed by atoms with E-state index in [1.165, 1.54) is 0 Å². The van der Waals surface area contributed by atoms with Crippen LogP contribution >= 0.6 is 0 Å². The number of piperidine rings is 1. The minimum atomic E-state index is -0.717. The highest BCUT2D eigenvalue weighted by Gasteiger charge is 2.56. The maximum atomic E-state index is 13.4. The zero-order valence-electron chi connectivity index (χ0n) is 19.3. The van der Waals surface area contributed by atoms with Crippen molar-refractivity contribution in [1.29, 1.82) is 5.26 Å². The van der Waals surface area contributed by atoms with E-state index >= 15 is 0 Å². The number of benzene rings is 1. The quantitative estimate of drug-likeness (QED) is 0.643. The summed E-state index contributed by atoms with van der Waals surface area (Å²) in [5.74, 6) is 0.319. The molecule has 34 heavy (non-hydrogen) atoms. The molecule has 2 bridgehead atoms. The molecule has 1 aromatic carbocycles. The van der Waals surface area contributed by atoms with Crippen LogP contribution in [0.3, 0.4) is 0 Å². The van der Waals surface area contributed by atoms with Crippen molar-refractivity contribution in [1.82, 2.24) is 20.0 Å². The summed E-state index contributed by atoms with van der Waals surface area (Å²) in [6.07, 6.45) is 4.22. The molecule has 3 N–H and O–H groups in total. The molecule has 2 aliphatic carbocycles. The summed E-state index contributed by atoms with van der Waals surface area (Å²) in [6, 6.07) is 7.05. The number of hydrogen-bond acceptors (Lipinski definition) is 6. The van der Waals surface area contributed by atoms with Crippen molar-refractivity contribution in [3.63, 3.8) is 0 Å². The van der Waals surface area contributed by atoms with E-state index in [-0.39, 0.29) is 47.9 Å². The van der Waals surface area contributed by atoms with Gasteiger partial charge in [0.1, 0.15) is 6.04 Å². The lowest BCUT2D eigenvalue weighted by Gasteiger charge is -2.38. The number of amides is 3. The molecule has 7 atom stereocenters. The van der Waals surface area contributed by atoms with Gasteiger partial charge in [-0.25, -0.2) is 0 Å². The van der Waals surface area contributed by atoms with Crippen molar-refractivity contribution < 1.29 is 14.4 Å². The number of hydrogen-bond donors (Lipinski definition) is 2. The number of carbonyl (C=O) groups is 3. The molecule has 6 rings (SSSR count). The van der Waals surface area contributed by atoms with Gasteiger partial charge in [-0.2, -0.15) is 5.26 Å². The molecular weight excluding hydrogens is 432 g/mol. The molecule has 0 aromatic heterocycles. The van der Waals surface area contributed by atoms with E-state index in [4.69, 9.17) is 5.73 Å². The Morgan fingerprint density at radius 1 is 1.26 bits per heavy atom. The summed E-state index contributed by atoms with van der Waals surface area (Å²) in [4.78, 5) is 44.2. The molecule has 3 saturated heterocycles. The zero-order chi connectivity index (χ0) is 23.7. The summed E-state index contributed by atoms with van der Waals surface area (Å²) < 4.78 is 0. The first kappa shape index (κ1) is 21.6. The fourth-order valence-corrected chi connectivity index (χ4v) is 6.88. The first-order valence-electron chi connectivity index (χ1n) is 12.3. The number of carbonyl (C=O) groups excluding carboxylic acids is 3. The normalized spacial score (nSPS) is 34.1. The third kappa shape index (κ3) is 3.16. The molecule has 0 radical (unpaired) electrons. The second-order valence-electron chi connectivity index (χ2n) is 10.4. The molecule has 3 amide bonds. The molecule has 9 heteroatoms. The van der Waals surface area contributed by atoms with Crippen molar-refractivity contribution in [2.24, 2.45) is 11.7 Å². The van der Waals surface area contributed by atoms with Crippen molar-refractivity contribution >= 4 is 17.7 Å². The molecule has 0 spiro atoms. The summed E-state index contributed by atoms with van der Waals surface area (Å²) in [7, 11) is 1.62. The Hall–Kier alpha value is -2.96. The number of nitrogens with one attached hydrogen (secondary N) is 1. The minimum Gasteiger partial charge on any atom is -0.355 e. The highest BCUT2D eigenvalue weighted by Crippen LogP contribution is 2.48. The maximum absolute atomic E-state index is 13.4. The average Bonchev–Trinajstić information content (AvgIpc) is 3.18. The first-order valence-corrected chi connectivity index (χ1v) is 12.3. The van der Waals surface area contributed by atoms with Crippen molar-refractivity contribution in [3.8, 4) is 6.07 Å². The SMILES string of the molecule is CNC(=O)c1ccc2c(c1)CC[C@H]2N1C(=O)[C@H]2CC1CN2C[C@H](N)C(=O)N1[C@H](C#N)C[C@@H]2C[C@@H]21. The van der Waals surface area contributed by atoms with E-state index in [0.717, 1.165) is 43.2 Å². The zero-order valence-corrected chi connectivity index (χ0v) is 19.3. The molecule has 3 heterocycles. The molecule has 178 valence electrons. The van der Waals surface area contributed by atoms with E-state index in [1.807, 2.05) is 23.1 Å². The van der Waals surface area contributed by atoms with Crippen molar-refractivity contribution in [2.45, 2.75) is 68.4 Å². The van der Waals surface area contributed by atoms with E-state index in [9.17, 15) is 19.6 Å². The Labute approximate surface area is 198 Å². The predicted octanol–water partition coefficient (Wildman–Crippen LogP) is 0.159. The Morgan fingerprint density at radius 3 is 2.82 bits per heavy atom. The number of likely N-dealkylation sites (tertiary alicyclic amines) is 3. The molecular formula is C25H30N6O3. The van der Waals surface area contributed by atoms with Gasteiger partial charge in [-0.3, -0.25) is 19.3 Å². The molecule has 1 saturated carbocycles.